The Balaban J connectivity index is 0.00000300. The van der Waals surface area contributed by atoms with Crippen molar-refractivity contribution >= 4 is 29.9 Å². The van der Waals surface area contributed by atoms with E-state index in [-0.39, 0.29) is 24.0 Å². The van der Waals surface area contributed by atoms with E-state index >= 15 is 0 Å². The molecule has 2 N–H and O–H groups in total. The highest BCUT2D eigenvalue weighted by Gasteiger charge is 2.01. The summed E-state index contributed by atoms with van der Waals surface area (Å²) in [5, 5.41) is 6.53. The summed E-state index contributed by atoms with van der Waals surface area (Å²) in [5.41, 5.74) is 2.26. The maximum atomic E-state index is 5.74. The Morgan fingerprint density at radius 1 is 1.14 bits per heavy atom. The molecule has 0 unspecified atom stereocenters. The molecule has 29 heavy (non-hydrogen) atoms. The molecule has 2 aromatic heterocycles. The summed E-state index contributed by atoms with van der Waals surface area (Å²) in [6.07, 6.45) is 7.16. The number of nitrogens with zero attached hydrogens (tertiary/aromatic N) is 4. The summed E-state index contributed by atoms with van der Waals surface area (Å²) >= 11 is 0. The van der Waals surface area contributed by atoms with E-state index in [4.69, 9.17) is 4.74 Å². The summed E-state index contributed by atoms with van der Waals surface area (Å²) in [5.74, 6) is 2.47. The van der Waals surface area contributed by atoms with Crippen molar-refractivity contribution in [3.05, 3.63) is 72.4 Å². The lowest BCUT2D eigenvalue weighted by molar-refractivity contribution is 0.322. The van der Waals surface area contributed by atoms with Gasteiger partial charge in [0.2, 0.25) is 0 Å². The molecule has 3 aromatic rings. The summed E-state index contributed by atoms with van der Waals surface area (Å²) in [6.45, 7) is 6.67. The molecule has 0 aliphatic heterocycles. The number of aromatic nitrogens is 3. The molecule has 8 heteroatoms. The summed E-state index contributed by atoms with van der Waals surface area (Å²) in [4.78, 5) is 13.1. The van der Waals surface area contributed by atoms with Crippen LogP contribution in [0.4, 0.5) is 0 Å². The number of aryl methyl sites for hydroxylation is 1. The number of ether oxygens (including phenoxy) is 1. The van der Waals surface area contributed by atoms with Gasteiger partial charge in [-0.15, -0.1) is 24.0 Å². The van der Waals surface area contributed by atoms with E-state index in [0.29, 0.717) is 19.7 Å². The minimum absolute atomic E-state index is 0. The van der Waals surface area contributed by atoms with Crippen molar-refractivity contribution in [2.75, 3.05) is 19.7 Å². The SMILES string of the molecule is CCNC(=NCc1ccc(-n2ccnc2)nc1)NCCOc1ccc(C)cc1.I. The predicted molar refractivity (Wildman–Crippen MR) is 126 cm³/mol. The number of rotatable bonds is 8. The molecular weight excluding hydrogens is 479 g/mol. The second-order valence-corrected chi connectivity index (χ2v) is 6.28. The molecule has 7 nitrogen and oxygen atoms in total. The van der Waals surface area contributed by atoms with Crippen LogP contribution in [0.2, 0.25) is 0 Å². The first-order valence-corrected chi connectivity index (χ1v) is 9.39. The van der Waals surface area contributed by atoms with Crippen LogP contribution in [0.25, 0.3) is 5.82 Å². The van der Waals surface area contributed by atoms with Gasteiger partial charge in [-0.1, -0.05) is 23.8 Å². The molecule has 0 atom stereocenters. The van der Waals surface area contributed by atoms with Crippen LogP contribution in [0.5, 0.6) is 5.75 Å². The molecule has 3 rings (SSSR count). The van der Waals surface area contributed by atoms with Gasteiger partial charge in [-0.05, 0) is 37.6 Å². The van der Waals surface area contributed by atoms with Gasteiger partial charge in [0.1, 0.15) is 24.5 Å². The van der Waals surface area contributed by atoms with E-state index in [2.05, 4.69) is 32.5 Å². The third kappa shape index (κ3) is 7.37. The molecule has 0 bridgehead atoms. The number of pyridine rings is 1. The van der Waals surface area contributed by atoms with Gasteiger partial charge in [0.15, 0.2) is 5.96 Å². The molecule has 0 radical (unpaired) electrons. The first-order chi connectivity index (χ1) is 13.7. The van der Waals surface area contributed by atoms with Crippen LogP contribution in [0.15, 0.2) is 66.3 Å². The maximum absolute atomic E-state index is 5.74. The van der Waals surface area contributed by atoms with Crippen molar-refractivity contribution in [2.24, 2.45) is 4.99 Å². The molecule has 0 spiro atoms. The van der Waals surface area contributed by atoms with Gasteiger partial charge in [0.05, 0.1) is 13.1 Å². The Morgan fingerprint density at radius 2 is 1.97 bits per heavy atom. The maximum Gasteiger partial charge on any atom is 0.191 e. The fraction of sp³-hybridized carbons (Fsp3) is 0.286. The molecule has 0 saturated carbocycles. The quantitative estimate of drug-likeness (QED) is 0.212. The van der Waals surface area contributed by atoms with E-state index in [1.54, 1.807) is 12.5 Å². The molecule has 154 valence electrons. The number of halogens is 1. The largest absolute Gasteiger partial charge is 0.492 e. The topological polar surface area (TPSA) is 76.4 Å². The minimum atomic E-state index is 0. The zero-order valence-corrected chi connectivity index (χ0v) is 19.0. The average molecular weight is 506 g/mol. The standard InChI is InChI=1S/C21H26N6O.HI/c1-3-23-21(24-11-13-28-19-7-4-17(2)5-8-19)26-15-18-6-9-20(25-14-18)27-12-10-22-16-27;/h4-10,12,14,16H,3,11,13,15H2,1-2H3,(H2,23,24,26);1H. The average Bonchev–Trinajstić information content (AvgIpc) is 3.26. The van der Waals surface area contributed by atoms with Crippen LogP contribution < -0.4 is 15.4 Å². The fourth-order valence-corrected chi connectivity index (χ4v) is 2.54. The number of imidazole rings is 1. The first-order valence-electron chi connectivity index (χ1n) is 9.39. The summed E-state index contributed by atoms with van der Waals surface area (Å²) in [7, 11) is 0. The van der Waals surface area contributed by atoms with Crippen LogP contribution >= 0.6 is 24.0 Å². The second-order valence-electron chi connectivity index (χ2n) is 6.28. The normalized spacial score (nSPS) is 10.9. The van der Waals surface area contributed by atoms with Crippen molar-refractivity contribution in [3.63, 3.8) is 0 Å². The number of benzene rings is 1. The van der Waals surface area contributed by atoms with E-state index in [0.717, 1.165) is 29.6 Å². The third-order valence-corrected chi connectivity index (χ3v) is 4.03. The van der Waals surface area contributed by atoms with Gasteiger partial charge in [0, 0.05) is 25.1 Å². The van der Waals surface area contributed by atoms with Gasteiger partial charge >= 0.3 is 0 Å². The summed E-state index contributed by atoms with van der Waals surface area (Å²) < 4.78 is 7.61. The number of guanidine groups is 1. The van der Waals surface area contributed by atoms with Crippen molar-refractivity contribution in [1.29, 1.82) is 0 Å². The molecule has 2 heterocycles. The van der Waals surface area contributed by atoms with E-state index in [1.807, 2.05) is 60.3 Å². The van der Waals surface area contributed by atoms with Crippen LogP contribution in [0.1, 0.15) is 18.1 Å². The smallest absolute Gasteiger partial charge is 0.191 e. The zero-order valence-electron chi connectivity index (χ0n) is 16.7. The molecule has 1 aromatic carbocycles. The van der Waals surface area contributed by atoms with Crippen LogP contribution in [-0.2, 0) is 6.54 Å². The van der Waals surface area contributed by atoms with Crippen molar-refractivity contribution in [1.82, 2.24) is 25.2 Å². The van der Waals surface area contributed by atoms with Crippen molar-refractivity contribution in [2.45, 2.75) is 20.4 Å². The van der Waals surface area contributed by atoms with Crippen molar-refractivity contribution < 1.29 is 4.74 Å². The third-order valence-electron chi connectivity index (χ3n) is 4.03. The van der Waals surface area contributed by atoms with Gasteiger partial charge in [-0.25, -0.2) is 15.0 Å². The number of hydrogen-bond donors (Lipinski definition) is 2. The Labute approximate surface area is 188 Å². The Morgan fingerprint density at radius 3 is 2.62 bits per heavy atom. The second kappa shape index (κ2) is 12.1. The molecule has 0 aliphatic carbocycles. The predicted octanol–water partition coefficient (Wildman–Crippen LogP) is 3.33. The first kappa shape index (κ1) is 22.7. The highest BCUT2D eigenvalue weighted by molar-refractivity contribution is 14.0. The molecule has 0 fully saturated rings. The zero-order chi connectivity index (χ0) is 19.6. The van der Waals surface area contributed by atoms with Gasteiger partial charge in [-0.3, -0.25) is 4.57 Å². The van der Waals surface area contributed by atoms with Crippen LogP contribution in [-0.4, -0.2) is 40.2 Å². The van der Waals surface area contributed by atoms with E-state index < -0.39 is 0 Å². The highest BCUT2D eigenvalue weighted by atomic mass is 127. The number of nitrogens with one attached hydrogen (secondary N) is 2. The molecule has 0 amide bonds. The molecule has 0 saturated heterocycles. The lowest BCUT2D eigenvalue weighted by Gasteiger charge is -2.12. The Bertz CT molecular complexity index is 863. The highest BCUT2D eigenvalue weighted by Crippen LogP contribution is 2.10. The van der Waals surface area contributed by atoms with E-state index in [9.17, 15) is 0 Å². The van der Waals surface area contributed by atoms with Gasteiger partial charge < -0.3 is 15.4 Å². The van der Waals surface area contributed by atoms with E-state index in [1.165, 1.54) is 5.56 Å². The van der Waals surface area contributed by atoms with Crippen molar-refractivity contribution in [3.8, 4) is 11.6 Å². The Kier molecular flexibility index (Phi) is 9.42. The van der Waals surface area contributed by atoms with Gasteiger partial charge in [0.25, 0.3) is 0 Å². The number of hydrogen-bond acceptors (Lipinski definition) is 4. The van der Waals surface area contributed by atoms with Gasteiger partial charge in [-0.2, -0.15) is 0 Å². The number of aliphatic imine (C=N–C) groups is 1. The minimum Gasteiger partial charge on any atom is -0.492 e. The monoisotopic (exact) mass is 506 g/mol. The van der Waals surface area contributed by atoms with Crippen LogP contribution in [0, 0.1) is 6.92 Å². The summed E-state index contributed by atoms with van der Waals surface area (Å²) in [6, 6.07) is 12.0. The lowest BCUT2D eigenvalue weighted by atomic mass is 10.2. The van der Waals surface area contributed by atoms with Crippen LogP contribution in [0.3, 0.4) is 0 Å². The molecule has 0 aliphatic rings. The fourth-order valence-electron chi connectivity index (χ4n) is 2.54. The Hall–Kier alpha value is -2.62. The lowest BCUT2D eigenvalue weighted by Crippen LogP contribution is -2.39. The molecular formula is C21H27IN6O.